The predicted octanol–water partition coefficient (Wildman–Crippen LogP) is 3.46. The molecule has 0 radical (unpaired) electrons. The Kier molecular flexibility index (Phi) is 4.66. The highest BCUT2D eigenvalue weighted by Crippen LogP contribution is 2.42. The summed E-state index contributed by atoms with van der Waals surface area (Å²) in [6.07, 6.45) is 0.368. The maximum atomic E-state index is 12.1. The summed E-state index contributed by atoms with van der Waals surface area (Å²) in [5.41, 5.74) is 3.22. The Labute approximate surface area is 158 Å². The Morgan fingerprint density at radius 1 is 0.889 bits per heavy atom. The molecule has 0 bridgehead atoms. The van der Waals surface area contributed by atoms with Crippen LogP contribution in [0.3, 0.4) is 0 Å². The minimum Gasteiger partial charge on any atom is -0.508 e. The molecule has 0 aromatic heterocycles. The number of β-lactam (4-membered cyclic amide) rings is 1. The maximum absolute atomic E-state index is 12.1. The second-order valence-corrected chi connectivity index (χ2v) is 7.52. The van der Waals surface area contributed by atoms with Crippen molar-refractivity contribution in [1.82, 2.24) is 0 Å². The highest BCUT2D eigenvalue weighted by Gasteiger charge is 2.39. The van der Waals surface area contributed by atoms with Gasteiger partial charge >= 0.3 is 0 Å². The number of carbonyl (C=O) groups excluding carboxylic acids is 1. The van der Waals surface area contributed by atoms with Crippen molar-refractivity contribution < 1.29 is 19.7 Å². The lowest BCUT2D eigenvalue weighted by molar-refractivity contribution is -0.124. The summed E-state index contributed by atoms with van der Waals surface area (Å²) in [5.74, 6) is 0.177. The monoisotopic (exact) mass is 379 g/mol. The number of rotatable bonds is 4. The van der Waals surface area contributed by atoms with E-state index in [-0.39, 0.29) is 17.7 Å². The molecule has 0 saturated carbocycles. The highest BCUT2D eigenvalue weighted by molar-refractivity contribution is 7.54. The average molecular weight is 379 g/mol. The molecular weight excluding hydrogens is 361 g/mol. The lowest BCUT2D eigenvalue weighted by atomic mass is 9.90. The molecule has 5 nitrogen and oxygen atoms in total. The number of anilines is 1. The minimum atomic E-state index is -2.11. The molecule has 1 fully saturated rings. The molecule has 0 aliphatic carbocycles. The van der Waals surface area contributed by atoms with E-state index in [1.54, 1.807) is 35.2 Å². The van der Waals surface area contributed by atoms with E-state index in [2.05, 4.69) is 0 Å². The first-order chi connectivity index (χ1) is 13.0. The Balaban J connectivity index is 1.61. The van der Waals surface area contributed by atoms with Crippen molar-refractivity contribution in [3.05, 3.63) is 78.4 Å². The zero-order valence-corrected chi connectivity index (χ0v) is 15.3. The standard InChI is InChI=1S/C21H18NO4P/c23-20-12-15(14-6-9-17(10-7-14)27(25)26)8-11-18(20)19-13-21(24)22(19)16-4-2-1-3-5-16/h1-12,19,23,25-26H,13H2. The second-order valence-electron chi connectivity index (χ2n) is 6.43. The van der Waals surface area contributed by atoms with E-state index in [0.717, 1.165) is 16.8 Å². The quantitative estimate of drug-likeness (QED) is 0.479. The number of hydrogen-bond donors (Lipinski definition) is 3. The van der Waals surface area contributed by atoms with E-state index >= 15 is 0 Å². The molecule has 136 valence electrons. The number of carbonyl (C=O) groups is 1. The molecule has 27 heavy (non-hydrogen) atoms. The fraction of sp³-hybridized carbons (Fsp3) is 0.0952. The molecule has 3 aromatic carbocycles. The molecule has 1 atom stereocenters. The van der Waals surface area contributed by atoms with Crippen molar-refractivity contribution in [2.45, 2.75) is 12.5 Å². The van der Waals surface area contributed by atoms with Crippen LogP contribution in [0.25, 0.3) is 11.1 Å². The summed E-state index contributed by atoms with van der Waals surface area (Å²) in [5, 5.41) is 11.0. The fourth-order valence-corrected chi connectivity index (χ4v) is 3.79. The SMILES string of the molecule is O=C1CC(c2ccc(-c3ccc(P(O)O)cc3)cc2O)N1c1ccccc1. The summed E-state index contributed by atoms with van der Waals surface area (Å²) >= 11 is 0. The topological polar surface area (TPSA) is 81.0 Å². The van der Waals surface area contributed by atoms with E-state index < -0.39 is 8.38 Å². The largest absolute Gasteiger partial charge is 0.508 e. The van der Waals surface area contributed by atoms with Gasteiger partial charge in [-0.3, -0.25) is 4.79 Å². The van der Waals surface area contributed by atoms with Crippen LogP contribution >= 0.6 is 8.38 Å². The van der Waals surface area contributed by atoms with E-state index in [1.807, 2.05) is 42.5 Å². The molecular formula is C21H18NO4P. The summed E-state index contributed by atoms with van der Waals surface area (Å²) in [7, 11) is -2.11. The number of nitrogens with zero attached hydrogens (tertiary/aromatic N) is 1. The number of aromatic hydroxyl groups is 1. The Morgan fingerprint density at radius 3 is 2.15 bits per heavy atom. The molecule has 3 aromatic rings. The molecule has 1 aliphatic heterocycles. The number of para-hydroxylation sites is 1. The van der Waals surface area contributed by atoms with Gasteiger partial charge in [-0.05, 0) is 41.5 Å². The van der Waals surface area contributed by atoms with Gasteiger partial charge in [-0.2, -0.15) is 0 Å². The Hall–Kier alpha value is -2.72. The summed E-state index contributed by atoms with van der Waals surface area (Å²) in [6, 6.07) is 21.6. The molecule has 1 amide bonds. The van der Waals surface area contributed by atoms with Crippen molar-refractivity contribution in [3.63, 3.8) is 0 Å². The third kappa shape index (κ3) is 3.33. The van der Waals surface area contributed by atoms with Gasteiger partial charge in [0.15, 0.2) is 8.38 Å². The fourth-order valence-electron chi connectivity index (χ4n) is 3.37. The van der Waals surface area contributed by atoms with E-state index in [0.29, 0.717) is 17.3 Å². The number of amides is 1. The molecule has 1 saturated heterocycles. The smallest absolute Gasteiger partial charge is 0.230 e. The van der Waals surface area contributed by atoms with Crippen LogP contribution in [0.15, 0.2) is 72.8 Å². The van der Waals surface area contributed by atoms with Gasteiger partial charge in [0.1, 0.15) is 5.75 Å². The molecule has 6 heteroatoms. The number of phenols is 1. The van der Waals surface area contributed by atoms with Crippen LogP contribution in [0, 0.1) is 0 Å². The van der Waals surface area contributed by atoms with Crippen molar-refractivity contribution in [2.75, 3.05) is 4.90 Å². The van der Waals surface area contributed by atoms with Gasteiger partial charge in [0, 0.05) is 16.6 Å². The van der Waals surface area contributed by atoms with Gasteiger partial charge in [-0.15, -0.1) is 0 Å². The van der Waals surface area contributed by atoms with Crippen LogP contribution in [-0.2, 0) is 4.79 Å². The van der Waals surface area contributed by atoms with Crippen LogP contribution in [0.5, 0.6) is 5.75 Å². The van der Waals surface area contributed by atoms with Crippen LogP contribution in [0.2, 0.25) is 0 Å². The summed E-state index contributed by atoms with van der Waals surface area (Å²) in [4.78, 5) is 32.3. The van der Waals surface area contributed by atoms with Gasteiger partial charge in [0.2, 0.25) is 5.91 Å². The maximum Gasteiger partial charge on any atom is 0.230 e. The molecule has 1 aliphatic rings. The highest BCUT2D eigenvalue weighted by atomic mass is 31.2. The second kappa shape index (κ2) is 7.12. The van der Waals surface area contributed by atoms with Gasteiger partial charge in [-0.25, -0.2) is 0 Å². The Morgan fingerprint density at radius 2 is 1.56 bits per heavy atom. The number of phenolic OH excluding ortho intramolecular Hbond substituents is 1. The molecule has 3 N–H and O–H groups in total. The van der Waals surface area contributed by atoms with Crippen LogP contribution < -0.4 is 10.2 Å². The predicted molar refractivity (Wildman–Crippen MR) is 106 cm³/mol. The van der Waals surface area contributed by atoms with Gasteiger partial charge in [0.25, 0.3) is 0 Å². The zero-order valence-electron chi connectivity index (χ0n) is 14.4. The van der Waals surface area contributed by atoms with Gasteiger partial charge < -0.3 is 19.8 Å². The summed E-state index contributed by atoms with van der Waals surface area (Å²) < 4.78 is 0. The molecule has 4 rings (SSSR count). The van der Waals surface area contributed by atoms with Crippen LogP contribution in [0.4, 0.5) is 5.69 Å². The first kappa shape index (κ1) is 17.7. The van der Waals surface area contributed by atoms with Crippen molar-refractivity contribution >= 4 is 25.3 Å². The summed E-state index contributed by atoms with van der Waals surface area (Å²) in [6.45, 7) is 0. The van der Waals surface area contributed by atoms with E-state index in [4.69, 9.17) is 0 Å². The van der Waals surface area contributed by atoms with Gasteiger partial charge in [-0.1, -0.05) is 42.5 Å². The third-order valence-electron chi connectivity index (χ3n) is 4.80. The normalized spacial score (nSPS) is 16.5. The average Bonchev–Trinajstić information content (AvgIpc) is 2.67. The van der Waals surface area contributed by atoms with Gasteiger partial charge in [0.05, 0.1) is 12.5 Å². The third-order valence-corrected chi connectivity index (χ3v) is 5.56. The minimum absolute atomic E-state index is 0.0368. The number of benzene rings is 3. The van der Waals surface area contributed by atoms with Crippen molar-refractivity contribution in [3.8, 4) is 16.9 Å². The lowest BCUT2D eigenvalue weighted by Gasteiger charge is -2.41. The molecule has 1 heterocycles. The first-order valence-corrected chi connectivity index (χ1v) is 9.77. The zero-order chi connectivity index (χ0) is 19.0. The lowest BCUT2D eigenvalue weighted by Crippen LogP contribution is -2.46. The first-order valence-electron chi connectivity index (χ1n) is 8.53. The van der Waals surface area contributed by atoms with Crippen LogP contribution in [-0.4, -0.2) is 20.8 Å². The number of hydrogen-bond acceptors (Lipinski definition) is 4. The van der Waals surface area contributed by atoms with Crippen LogP contribution in [0.1, 0.15) is 18.0 Å². The van der Waals surface area contributed by atoms with E-state index in [9.17, 15) is 19.7 Å². The Bertz CT molecular complexity index is 973. The molecule has 0 spiro atoms. The van der Waals surface area contributed by atoms with Crippen molar-refractivity contribution in [1.29, 1.82) is 0 Å². The van der Waals surface area contributed by atoms with E-state index in [1.165, 1.54) is 0 Å². The molecule has 1 unspecified atom stereocenters. The van der Waals surface area contributed by atoms with Crippen molar-refractivity contribution in [2.24, 2.45) is 0 Å².